The molecular weight excluding hydrogens is 487 g/mol. The number of aliphatic imine (C=N–C) groups is 1. The molecule has 6 nitrogen and oxygen atoms in total. The monoisotopic (exact) mass is 518 g/mol. The molecule has 156 valence electrons. The highest BCUT2D eigenvalue weighted by molar-refractivity contribution is 14.0. The summed E-state index contributed by atoms with van der Waals surface area (Å²) < 4.78 is 11.2. The molecule has 0 spiro atoms. The van der Waals surface area contributed by atoms with Crippen LogP contribution in [0.1, 0.15) is 34.9 Å². The van der Waals surface area contributed by atoms with Crippen molar-refractivity contribution in [2.24, 2.45) is 4.99 Å². The van der Waals surface area contributed by atoms with Crippen molar-refractivity contribution in [3.05, 3.63) is 40.2 Å². The van der Waals surface area contributed by atoms with Crippen molar-refractivity contribution in [2.75, 3.05) is 33.3 Å². The zero-order valence-corrected chi connectivity index (χ0v) is 19.9. The molecule has 0 saturated carbocycles. The van der Waals surface area contributed by atoms with E-state index in [0.717, 1.165) is 50.7 Å². The van der Waals surface area contributed by atoms with E-state index in [9.17, 15) is 0 Å². The van der Waals surface area contributed by atoms with Gasteiger partial charge in [-0.2, -0.15) is 0 Å². The molecule has 1 unspecified atom stereocenters. The van der Waals surface area contributed by atoms with Crippen LogP contribution in [-0.4, -0.2) is 55.2 Å². The zero-order valence-electron chi connectivity index (χ0n) is 16.7. The number of hydrogen-bond donors (Lipinski definition) is 1. The van der Waals surface area contributed by atoms with E-state index in [4.69, 9.17) is 14.1 Å². The average molecular weight is 518 g/mol. The van der Waals surface area contributed by atoms with Gasteiger partial charge in [-0.25, -0.2) is 4.98 Å². The highest BCUT2D eigenvalue weighted by Crippen LogP contribution is 2.14. The van der Waals surface area contributed by atoms with Gasteiger partial charge in [0.2, 0.25) is 0 Å². The fourth-order valence-electron chi connectivity index (χ4n) is 3.09. The molecule has 2 aromatic rings. The third-order valence-electron chi connectivity index (χ3n) is 4.65. The minimum atomic E-state index is 0. The maximum Gasteiger partial charge on any atom is 0.193 e. The predicted octanol–water partition coefficient (Wildman–Crippen LogP) is 3.89. The van der Waals surface area contributed by atoms with Crippen molar-refractivity contribution in [1.82, 2.24) is 15.2 Å². The number of aromatic nitrogens is 1. The topological polar surface area (TPSA) is 62.9 Å². The number of nitrogens with one attached hydrogen (secondary N) is 1. The fourth-order valence-corrected chi connectivity index (χ4v) is 3.87. The van der Waals surface area contributed by atoms with Crippen LogP contribution in [0, 0.1) is 6.92 Å². The first-order valence-corrected chi connectivity index (χ1v) is 10.6. The quantitative estimate of drug-likeness (QED) is 0.327. The van der Waals surface area contributed by atoms with E-state index in [0.29, 0.717) is 6.54 Å². The van der Waals surface area contributed by atoms with Crippen LogP contribution in [0.3, 0.4) is 0 Å². The van der Waals surface area contributed by atoms with Crippen LogP contribution in [0.25, 0.3) is 0 Å². The van der Waals surface area contributed by atoms with Gasteiger partial charge in [-0.05, 0) is 38.3 Å². The Morgan fingerprint density at radius 1 is 1.39 bits per heavy atom. The summed E-state index contributed by atoms with van der Waals surface area (Å²) in [7, 11) is 2.08. The van der Waals surface area contributed by atoms with Crippen LogP contribution >= 0.6 is 35.3 Å². The van der Waals surface area contributed by atoms with Gasteiger partial charge < -0.3 is 19.4 Å². The molecule has 1 N–H and O–H groups in total. The summed E-state index contributed by atoms with van der Waals surface area (Å²) in [6, 6.07) is 3.93. The van der Waals surface area contributed by atoms with E-state index >= 15 is 0 Å². The van der Waals surface area contributed by atoms with Crippen LogP contribution < -0.4 is 5.32 Å². The molecule has 0 amide bonds. The summed E-state index contributed by atoms with van der Waals surface area (Å²) in [5.41, 5.74) is 0. The Hall–Kier alpha value is -1.13. The molecule has 3 heterocycles. The molecule has 1 fully saturated rings. The Balaban J connectivity index is 0.00000280. The lowest BCUT2D eigenvalue weighted by atomic mass is 10.1. The van der Waals surface area contributed by atoms with Crippen molar-refractivity contribution in [3.63, 3.8) is 0 Å². The van der Waals surface area contributed by atoms with E-state index in [1.54, 1.807) is 17.6 Å². The second-order valence-electron chi connectivity index (χ2n) is 6.95. The molecule has 2 aromatic heterocycles. The zero-order chi connectivity index (χ0) is 18.9. The van der Waals surface area contributed by atoms with Crippen molar-refractivity contribution in [2.45, 2.75) is 45.1 Å². The number of likely N-dealkylation sites (N-methyl/N-ethyl adjacent to an activating group) is 1. The minimum Gasteiger partial charge on any atom is -0.469 e. The second kappa shape index (κ2) is 12.4. The maximum atomic E-state index is 5.83. The van der Waals surface area contributed by atoms with Gasteiger partial charge in [0.1, 0.15) is 5.76 Å². The molecule has 0 radical (unpaired) electrons. The van der Waals surface area contributed by atoms with Gasteiger partial charge in [0, 0.05) is 50.7 Å². The fraction of sp³-hybridized carbons (Fsp3) is 0.600. The van der Waals surface area contributed by atoms with Crippen LogP contribution in [0.4, 0.5) is 0 Å². The molecule has 3 rings (SSSR count). The number of furan rings is 1. The van der Waals surface area contributed by atoms with Gasteiger partial charge in [-0.1, -0.05) is 0 Å². The van der Waals surface area contributed by atoms with Crippen LogP contribution in [0.2, 0.25) is 0 Å². The predicted molar refractivity (Wildman–Crippen MR) is 125 cm³/mol. The number of nitrogens with zero attached hydrogens (tertiary/aromatic N) is 3. The van der Waals surface area contributed by atoms with Gasteiger partial charge in [-0.3, -0.25) is 4.99 Å². The van der Waals surface area contributed by atoms with Crippen molar-refractivity contribution in [1.29, 1.82) is 0 Å². The number of hydrogen-bond acceptors (Lipinski definition) is 5. The molecule has 28 heavy (non-hydrogen) atoms. The molecule has 0 aliphatic carbocycles. The maximum absolute atomic E-state index is 5.83. The Morgan fingerprint density at radius 2 is 2.29 bits per heavy atom. The summed E-state index contributed by atoms with van der Waals surface area (Å²) in [4.78, 5) is 12.7. The van der Waals surface area contributed by atoms with Crippen LogP contribution in [0.15, 0.2) is 34.0 Å². The SMILES string of the molecule is Cc1cnc(CCN(C)C(=NCC2CCCCO2)NCCc2ccco2)s1.I. The van der Waals surface area contributed by atoms with E-state index < -0.39 is 0 Å². The van der Waals surface area contributed by atoms with E-state index in [2.05, 4.69) is 29.2 Å². The number of rotatable bonds is 8. The molecule has 1 aliphatic heterocycles. The van der Waals surface area contributed by atoms with E-state index in [1.807, 2.05) is 18.3 Å². The van der Waals surface area contributed by atoms with Gasteiger partial charge in [0.05, 0.1) is 23.9 Å². The molecular formula is C20H31IN4O2S. The van der Waals surface area contributed by atoms with Crippen molar-refractivity contribution in [3.8, 4) is 0 Å². The number of aryl methyl sites for hydroxylation is 1. The lowest BCUT2D eigenvalue weighted by Gasteiger charge is -2.25. The van der Waals surface area contributed by atoms with E-state index in [-0.39, 0.29) is 30.1 Å². The van der Waals surface area contributed by atoms with Crippen LogP contribution in [-0.2, 0) is 17.6 Å². The molecule has 1 atom stereocenters. The van der Waals surface area contributed by atoms with Crippen molar-refractivity contribution >= 4 is 41.3 Å². The molecule has 8 heteroatoms. The smallest absolute Gasteiger partial charge is 0.193 e. The standard InChI is InChI=1S/C20H30N4O2S.HI/c1-16-14-22-19(27-16)9-11-24(2)20(21-10-8-17-7-5-13-25-17)23-15-18-6-3-4-12-26-18;/h5,7,13-14,18H,3-4,6,8-12,15H2,1-2H3,(H,21,23);1H. The molecule has 1 saturated heterocycles. The Labute approximate surface area is 188 Å². The number of thiazole rings is 1. The van der Waals surface area contributed by atoms with E-state index in [1.165, 1.54) is 22.7 Å². The lowest BCUT2D eigenvalue weighted by molar-refractivity contribution is 0.0223. The molecule has 1 aliphatic rings. The third-order valence-corrected chi connectivity index (χ3v) is 5.62. The molecule has 0 aromatic carbocycles. The summed E-state index contributed by atoms with van der Waals surface area (Å²) in [5, 5.41) is 4.65. The Morgan fingerprint density at radius 3 is 2.96 bits per heavy atom. The summed E-state index contributed by atoms with van der Waals surface area (Å²) in [5.74, 6) is 1.90. The molecule has 0 bridgehead atoms. The average Bonchev–Trinajstić information content (AvgIpc) is 3.35. The normalized spacial score (nSPS) is 17.2. The first-order chi connectivity index (χ1) is 13.2. The highest BCUT2D eigenvalue weighted by Gasteiger charge is 2.15. The van der Waals surface area contributed by atoms with Gasteiger partial charge in [0.25, 0.3) is 0 Å². The van der Waals surface area contributed by atoms with Gasteiger partial charge >= 0.3 is 0 Å². The van der Waals surface area contributed by atoms with Gasteiger partial charge in [0.15, 0.2) is 5.96 Å². The summed E-state index contributed by atoms with van der Waals surface area (Å²) >= 11 is 1.76. The third kappa shape index (κ3) is 7.71. The Kier molecular flexibility index (Phi) is 10.3. The highest BCUT2D eigenvalue weighted by atomic mass is 127. The first-order valence-electron chi connectivity index (χ1n) is 9.75. The number of ether oxygens (including phenoxy) is 1. The first kappa shape index (κ1) is 23.2. The summed E-state index contributed by atoms with van der Waals surface area (Å²) in [6.07, 6.45) is 9.17. The minimum absolute atomic E-state index is 0. The van der Waals surface area contributed by atoms with Crippen LogP contribution in [0.5, 0.6) is 0 Å². The number of guanidine groups is 1. The largest absolute Gasteiger partial charge is 0.469 e. The summed E-state index contributed by atoms with van der Waals surface area (Å²) in [6.45, 7) is 5.34. The van der Waals surface area contributed by atoms with Gasteiger partial charge in [-0.15, -0.1) is 35.3 Å². The number of halogens is 1. The Bertz CT molecular complexity index is 699. The lowest BCUT2D eigenvalue weighted by Crippen LogP contribution is -2.41. The second-order valence-corrected chi connectivity index (χ2v) is 8.26. The van der Waals surface area contributed by atoms with Crippen molar-refractivity contribution < 1.29 is 9.15 Å².